The molecule has 0 aliphatic carbocycles. The number of halogens is 1. The first-order chi connectivity index (χ1) is 9.61. The third-order valence-corrected chi connectivity index (χ3v) is 3.68. The van der Waals surface area contributed by atoms with Gasteiger partial charge in [0, 0.05) is 22.9 Å². The molecule has 1 aromatic carbocycles. The second-order valence-corrected chi connectivity index (χ2v) is 5.20. The molecule has 0 radical (unpaired) electrons. The molecule has 0 saturated carbocycles. The zero-order valence-corrected chi connectivity index (χ0v) is 13.0. The third-order valence-electron chi connectivity index (χ3n) is 2.83. The van der Waals surface area contributed by atoms with Crippen LogP contribution in [0.25, 0.3) is 0 Å². The average Bonchev–Trinajstić information content (AvgIpc) is 2.44. The quantitative estimate of drug-likeness (QED) is 0.893. The maximum absolute atomic E-state index is 12.3. The van der Waals surface area contributed by atoms with Crippen molar-refractivity contribution >= 4 is 33.3 Å². The van der Waals surface area contributed by atoms with Gasteiger partial charge < -0.3 is 10.6 Å². The first kappa shape index (κ1) is 14.5. The second kappa shape index (κ2) is 6.52. The molecule has 0 bridgehead atoms. The fraction of sp³-hybridized carbons (Fsp3) is 0.200. The molecule has 1 aromatic heterocycles. The molecule has 0 aliphatic heterocycles. The van der Waals surface area contributed by atoms with Crippen molar-refractivity contribution in [2.45, 2.75) is 13.8 Å². The number of benzene rings is 1. The van der Waals surface area contributed by atoms with Crippen molar-refractivity contribution in [1.29, 1.82) is 0 Å². The summed E-state index contributed by atoms with van der Waals surface area (Å²) in [5, 5.41) is 5.96. The van der Waals surface area contributed by atoms with E-state index < -0.39 is 0 Å². The number of aryl methyl sites for hydroxylation is 1. The van der Waals surface area contributed by atoms with Crippen LogP contribution in [0.5, 0.6) is 0 Å². The Hall–Kier alpha value is -1.88. The molecule has 0 spiro atoms. The van der Waals surface area contributed by atoms with Crippen molar-refractivity contribution in [3.63, 3.8) is 0 Å². The lowest BCUT2D eigenvalue weighted by Gasteiger charge is -2.10. The number of aromatic nitrogens is 1. The van der Waals surface area contributed by atoms with Gasteiger partial charge in [-0.3, -0.25) is 4.79 Å². The molecule has 2 rings (SSSR count). The molecule has 5 heteroatoms. The first-order valence-corrected chi connectivity index (χ1v) is 7.17. The molecule has 0 unspecified atom stereocenters. The van der Waals surface area contributed by atoms with E-state index in [1.807, 2.05) is 32.0 Å². The Morgan fingerprint density at radius 1 is 1.35 bits per heavy atom. The molecule has 20 heavy (non-hydrogen) atoms. The van der Waals surface area contributed by atoms with Crippen molar-refractivity contribution in [2.24, 2.45) is 0 Å². The van der Waals surface area contributed by atoms with Gasteiger partial charge in [0.15, 0.2) is 0 Å². The third kappa shape index (κ3) is 3.36. The molecule has 4 nitrogen and oxygen atoms in total. The highest BCUT2D eigenvalue weighted by Gasteiger charge is 2.12. The highest BCUT2D eigenvalue weighted by molar-refractivity contribution is 9.10. The van der Waals surface area contributed by atoms with Gasteiger partial charge >= 0.3 is 0 Å². The Labute approximate surface area is 126 Å². The molecule has 0 saturated heterocycles. The molecule has 2 N–H and O–H groups in total. The van der Waals surface area contributed by atoms with Crippen molar-refractivity contribution in [1.82, 2.24) is 4.98 Å². The maximum atomic E-state index is 12.3. The van der Waals surface area contributed by atoms with Gasteiger partial charge in [0.25, 0.3) is 5.91 Å². The normalized spacial score (nSPS) is 10.2. The second-order valence-electron chi connectivity index (χ2n) is 4.35. The van der Waals surface area contributed by atoms with Gasteiger partial charge in [-0.15, -0.1) is 0 Å². The summed E-state index contributed by atoms with van der Waals surface area (Å²) in [6.45, 7) is 4.68. The Balaban J connectivity index is 2.21. The van der Waals surface area contributed by atoms with Gasteiger partial charge in [-0.25, -0.2) is 4.98 Å². The maximum Gasteiger partial charge on any atom is 0.259 e. The summed E-state index contributed by atoms with van der Waals surface area (Å²) < 4.78 is 0.966. The Morgan fingerprint density at radius 2 is 2.15 bits per heavy atom. The van der Waals surface area contributed by atoms with E-state index in [-0.39, 0.29) is 5.91 Å². The molecule has 0 aliphatic rings. The number of amides is 1. The highest BCUT2D eigenvalue weighted by Crippen LogP contribution is 2.21. The largest absolute Gasteiger partial charge is 0.370 e. The Morgan fingerprint density at radius 3 is 2.85 bits per heavy atom. The van der Waals surface area contributed by atoms with E-state index in [0.29, 0.717) is 17.9 Å². The van der Waals surface area contributed by atoms with E-state index in [2.05, 4.69) is 31.5 Å². The Kier molecular flexibility index (Phi) is 4.74. The topological polar surface area (TPSA) is 54.0 Å². The minimum Gasteiger partial charge on any atom is -0.370 e. The van der Waals surface area contributed by atoms with Crippen molar-refractivity contribution in [3.8, 4) is 0 Å². The molecule has 1 amide bonds. The van der Waals surface area contributed by atoms with E-state index in [1.165, 1.54) is 0 Å². The minimum absolute atomic E-state index is 0.176. The number of nitrogens with zero attached hydrogens (tertiary/aromatic N) is 1. The number of carbonyl (C=O) groups is 1. The summed E-state index contributed by atoms with van der Waals surface area (Å²) in [5.74, 6) is 0.420. The fourth-order valence-corrected chi connectivity index (χ4v) is 2.14. The van der Waals surface area contributed by atoms with Crippen LogP contribution in [-0.4, -0.2) is 17.4 Å². The van der Waals surface area contributed by atoms with E-state index in [4.69, 9.17) is 0 Å². The van der Waals surface area contributed by atoms with Crippen LogP contribution in [0.15, 0.2) is 41.0 Å². The van der Waals surface area contributed by atoms with Crippen LogP contribution in [-0.2, 0) is 0 Å². The van der Waals surface area contributed by atoms with Gasteiger partial charge in [-0.1, -0.05) is 22.0 Å². The number of pyridine rings is 1. The summed E-state index contributed by atoms with van der Waals surface area (Å²) in [6.07, 6.45) is 1.66. The van der Waals surface area contributed by atoms with Crippen LogP contribution in [0.2, 0.25) is 0 Å². The van der Waals surface area contributed by atoms with Crippen molar-refractivity contribution in [2.75, 3.05) is 17.2 Å². The summed E-state index contributed by atoms with van der Waals surface area (Å²) >= 11 is 3.46. The van der Waals surface area contributed by atoms with Gasteiger partial charge in [0.05, 0.1) is 5.56 Å². The molecule has 1 heterocycles. The monoisotopic (exact) mass is 333 g/mol. The highest BCUT2D eigenvalue weighted by atomic mass is 79.9. The number of nitrogens with one attached hydrogen (secondary N) is 2. The lowest BCUT2D eigenvalue weighted by molar-refractivity contribution is 0.102. The predicted molar refractivity (Wildman–Crippen MR) is 85.2 cm³/mol. The lowest BCUT2D eigenvalue weighted by atomic mass is 10.2. The smallest absolute Gasteiger partial charge is 0.259 e. The predicted octanol–water partition coefficient (Wildman–Crippen LogP) is 3.84. The van der Waals surface area contributed by atoms with Crippen LogP contribution in [0.3, 0.4) is 0 Å². The standard InChI is InChI=1S/C15H16BrN3O/c1-3-17-14-12(5-4-8-18-14)15(20)19-11-7-6-10(2)13(16)9-11/h4-9H,3H2,1-2H3,(H,17,18)(H,19,20). The molecular formula is C15H16BrN3O. The van der Waals surface area contributed by atoms with Crippen molar-refractivity contribution < 1.29 is 4.79 Å². The fourth-order valence-electron chi connectivity index (χ4n) is 1.77. The average molecular weight is 334 g/mol. The van der Waals surface area contributed by atoms with Crippen LogP contribution in [0.4, 0.5) is 11.5 Å². The van der Waals surface area contributed by atoms with E-state index >= 15 is 0 Å². The summed E-state index contributed by atoms with van der Waals surface area (Å²) in [5.41, 5.74) is 2.41. The minimum atomic E-state index is -0.176. The number of carbonyl (C=O) groups excluding carboxylic acids is 1. The summed E-state index contributed by atoms with van der Waals surface area (Å²) in [4.78, 5) is 16.5. The van der Waals surface area contributed by atoms with Crippen molar-refractivity contribution in [3.05, 3.63) is 52.1 Å². The number of hydrogen-bond acceptors (Lipinski definition) is 3. The van der Waals surface area contributed by atoms with Crippen LogP contribution in [0.1, 0.15) is 22.8 Å². The van der Waals surface area contributed by atoms with Crippen LogP contribution in [0, 0.1) is 6.92 Å². The van der Waals surface area contributed by atoms with Gasteiger partial charge in [-0.2, -0.15) is 0 Å². The zero-order chi connectivity index (χ0) is 14.5. The molecule has 0 atom stereocenters. The van der Waals surface area contributed by atoms with Gasteiger partial charge in [0.1, 0.15) is 5.82 Å². The number of rotatable bonds is 4. The van der Waals surface area contributed by atoms with E-state index in [1.54, 1.807) is 18.3 Å². The summed E-state index contributed by atoms with van der Waals surface area (Å²) in [7, 11) is 0. The molecule has 2 aromatic rings. The zero-order valence-electron chi connectivity index (χ0n) is 11.4. The molecule has 104 valence electrons. The van der Waals surface area contributed by atoms with Gasteiger partial charge in [-0.05, 0) is 43.7 Å². The first-order valence-electron chi connectivity index (χ1n) is 6.38. The SMILES string of the molecule is CCNc1ncccc1C(=O)Nc1ccc(C)c(Br)c1. The molecule has 0 fully saturated rings. The summed E-state index contributed by atoms with van der Waals surface area (Å²) in [6, 6.07) is 9.22. The van der Waals surface area contributed by atoms with Crippen LogP contribution >= 0.6 is 15.9 Å². The number of hydrogen-bond donors (Lipinski definition) is 2. The van der Waals surface area contributed by atoms with Gasteiger partial charge in [0.2, 0.25) is 0 Å². The lowest BCUT2D eigenvalue weighted by Crippen LogP contribution is -2.15. The number of anilines is 2. The van der Waals surface area contributed by atoms with E-state index in [0.717, 1.165) is 15.7 Å². The molecular weight excluding hydrogens is 318 g/mol. The Bertz CT molecular complexity index is 628. The van der Waals surface area contributed by atoms with E-state index in [9.17, 15) is 4.79 Å². The van der Waals surface area contributed by atoms with Crippen LogP contribution < -0.4 is 10.6 Å².